The molecule has 0 spiro atoms. The van der Waals surface area contributed by atoms with Gasteiger partial charge < -0.3 is 30.7 Å². The van der Waals surface area contributed by atoms with Crippen LogP contribution in [0.2, 0.25) is 0 Å². The van der Waals surface area contributed by atoms with Crippen molar-refractivity contribution in [2.45, 2.75) is 36.7 Å². The van der Waals surface area contributed by atoms with Crippen LogP contribution in [0.1, 0.15) is 20.3 Å². The van der Waals surface area contributed by atoms with E-state index in [4.69, 9.17) is 15.2 Å². The van der Waals surface area contributed by atoms with Crippen molar-refractivity contribution in [1.82, 2.24) is 15.3 Å². The predicted octanol–water partition coefficient (Wildman–Crippen LogP) is 3.09. The smallest absolute Gasteiger partial charge is 0.231 e. The summed E-state index contributed by atoms with van der Waals surface area (Å²) in [5, 5.41) is 6.95. The van der Waals surface area contributed by atoms with Gasteiger partial charge in [0.1, 0.15) is 12.0 Å². The molecule has 150 valence electrons. The van der Waals surface area contributed by atoms with E-state index in [1.54, 1.807) is 11.8 Å². The SMILES string of the molecule is CC(C)NCCCN1c2ncnc(N)c2NC1Sc1cc2c(cc1I)OCO2. The molecule has 0 fully saturated rings. The lowest BCUT2D eigenvalue weighted by Gasteiger charge is -2.26. The van der Waals surface area contributed by atoms with Crippen molar-refractivity contribution in [3.8, 4) is 11.5 Å². The highest BCUT2D eigenvalue weighted by molar-refractivity contribution is 14.1. The number of benzene rings is 1. The second-order valence-electron chi connectivity index (χ2n) is 6.86. The number of hydrogen-bond acceptors (Lipinski definition) is 9. The van der Waals surface area contributed by atoms with E-state index in [1.165, 1.54) is 6.33 Å². The molecule has 0 aliphatic carbocycles. The third kappa shape index (κ3) is 4.03. The van der Waals surface area contributed by atoms with Crippen LogP contribution in [0.15, 0.2) is 23.4 Å². The molecule has 2 aliphatic rings. The quantitative estimate of drug-likeness (QED) is 0.381. The summed E-state index contributed by atoms with van der Waals surface area (Å²) in [6.07, 6.45) is 2.52. The number of rotatable bonds is 7. The van der Waals surface area contributed by atoms with Crippen LogP contribution in [0.4, 0.5) is 17.3 Å². The minimum absolute atomic E-state index is 0.0260. The Morgan fingerprint density at radius 3 is 2.93 bits per heavy atom. The molecular weight excluding hydrogens is 491 g/mol. The third-order valence-corrected chi connectivity index (χ3v) is 6.92. The van der Waals surface area contributed by atoms with Crippen LogP contribution in [-0.4, -0.2) is 41.4 Å². The number of nitrogens with one attached hydrogen (secondary N) is 2. The maximum absolute atomic E-state index is 6.09. The van der Waals surface area contributed by atoms with Gasteiger partial charge in [-0.05, 0) is 47.7 Å². The van der Waals surface area contributed by atoms with Gasteiger partial charge in [0.2, 0.25) is 6.79 Å². The summed E-state index contributed by atoms with van der Waals surface area (Å²) in [7, 11) is 0. The van der Waals surface area contributed by atoms with Crippen LogP contribution in [0.25, 0.3) is 0 Å². The number of fused-ring (bicyclic) bond motifs is 2. The Kier molecular flexibility index (Phi) is 5.88. The highest BCUT2D eigenvalue weighted by Gasteiger charge is 2.33. The Morgan fingerprint density at radius 2 is 2.14 bits per heavy atom. The van der Waals surface area contributed by atoms with Crippen molar-refractivity contribution < 1.29 is 9.47 Å². The molecule has 2 aromatic rings. The minimum Gasteiger partial charge on any atom is -0.454 e. The van der Waals surface area contributed by atoms with Gasteiger partial charge >= 0.3 is 0 Å². The summed E-state index contributed by atoms with van der Waals surface area (Å²) >= 11 is 4.04. The van der Waals surface area contributed by atoms with Gasteiger partial charge in [0.25, 0.3) is 0 Å². The van der Waals surface area contributed by atoms with Crippen molar-refractivity contribution in [3.63, 3.8) is 0 Å². The highest BCUT2D eigenvalue weighted by Crippen LogP contribution is 2.45. The van der Waals surface area contributed by atoms with Gasteiger partial charge in [0.15, 0.2) is 28.6 Å². The molecule has 10 heteroatoms. The van der Waals surface area contributed by atoms with E-state index in [0.717, 1.165) is 51.0 Å². The molecule has 3 heterocycles. The maximum atomic E-state index is 6.09. The van der Waals surface area contributed by atoms with Gasteiger partial charge in [-0.2, -0.15) is 0 Å². The fraction of sp³-hybridized carbons (Fsp3) is 0.444. The first-order valence-corrected chi connectivity index (χ1v) is 11.1. The van der Waals surface area contributed by atoms with E-state index in [1.807, 2.05) is 12.1 Å². The lowest BCUT2D eigenvalue weighted by Crippen LogP contribution is -2.36. The van der Waals surface area contributed by atoms with E-state index >= 15 is 0 Å². The van der Waals surface area contributed by atoms with Gasteiger partial charge in [-0.3, -0.25) is 0 Å². The van der Waals surface area contributed by atoms with Gasteiger partial charge in [-0.1, -0.05) is 25.6 Å². The van der Waals surface area contributed by atoms with Crippen molar-refractivity contribution in [1.29, 1.82) is 0 Å². The van der Waals surface area contributed by atoms with Gasteiger partial charge in [0, 0.05) is 21.1 Å². The van der Waals surface area contributed by atoms with E-state index in [9.17, 15) is 0 Å². The van der Waals surface area contributed by atoms with Gasteiger partial charge in [0.05, 0.1) is 0 Å². The number of nitrogens with two attached hydrogens (primary N) is 1. The molecular formula is C18H23IN6O2S. The molecule has 2 aliphatic heterocycles. The summed E-state index contributed by atoms with van der Waals surface area (Å²) in [5.41, 5.74) is 6.86. The molecule has 0 amide bonds. The normalized spacial score (nSPS) is 17.1. The number of aromatic nitrogens is 2. The Hall–Kier alpha value is -1.66. The van der Waals surface area contributed by atoms with Crippen LogP contribution >= 0.6 is 34.4 Å². The predicted molar refractivity (Wildman–Crippen MR) is 120 cm³/mol. The fourth-order valence-electron chi connectivity index (χ4n) is 3.12. The number of thioether (sulfide) groups is 1. The second-order valence-corrected chi connectivity index (χ2v) is 9.15. The molecule has 4 N–H and O–H groups in total. The second kappa shape index (κ2) is 8.37. The summed E-state index contributed by atoms with van der Waals surface area (Å²) < 4.78 is 12.1. The molecule has 0 radical (unpaired) electrons. The van der Waals surface area contributed by atoms with E-state index in [0.29, 0.717) is 11.9 Å². The topological polar surface area (TPSA) is 97.6 Å². The number of nitrogen functional groups attached to an aromatic ring is 1. The summed E-state index contributed by atoms with van der Waals surface area (Å²) in [4.78, 5) is 12.0. The molecule has 1 atom stereocenters. The van der Waals surface area contributed by atoms with Crippen molar-refractivity contribution in [2.75, 3.05) is 35.8 Å². The standard InChI is InChI=1S/C18H23IN6O2S/c1-10(2)21-4-3-5-25-17-15(16(20)22-8-23-17)24-18(25)28-14-7-13-12(6-11(14)19)26-9-27-13/h6-8,10,18,21,24H,3-5,9H2,1-2H3,(H2,20,22,23). The molecule has 4 rings (SSSR count). The summed E-state index contributed by atoms with van der Waals surface area (Å²) in [5.74, 6) is 2.90. The lowest BCUT2D eigenvalue weighted by atomic mass is 10.3. The largest absolute Gasteiger partial charge is 0.454 e. The number of hydrogen-bond donors (Lipinski definition) is 3. The first kappa shape index (κ1) is 19.6. The first-order valence-electron chi connectivity index (χ1n) is 9.16. The van der Waals surface area contributed by atoms with Gasteiger partial charge in [-0.15, -0.1) is 0 Å². The van der Waals surface area contributed by atoms with Crippen LogP contribution in [-0.2, 0) is 0 Å². The molecule has 1 aromatic carbocycles. The van der Waals surface area contributed by atoms with E-state index < -0.39 is 0 Å². The number of nitrogens with zero attached hydrogens (tertiary/aromatic N) is 3. The molecule has 0 saturated carbocycles. The average molecular weight is 514 g/mol. The Morgan fingerprint density at radius 1 is 1.36 bits per heavy atom. The summed E-state index contributed by atoms with van der Waals surface area (Å²) in [6, 6.07) is 4.52. The van der Waals surface area contributed by atoms with Crippen molar-refractivity contribution >= 4 is 51.7 Å². The van der Waals surface area contributed by atoms with Gasteiger partial charge in [-0.25, -0.2) is 9.97 Å². The maximum Gasteiger partial charge on any atom is 0.231 e. The highest BCUT2D eigenvalue weighted by atomic mass is 127. The third-order valence-electron chi connectivity index (χ3n) is 4.47. The number of anilines is 3. The van der Waals surface area contributed by atoms with Crippen molar-refractivity contribution in [2.24, 2.45) is 0 Å². The van der Waals surface area contributed by atoms with Crippen molar-refractivity contribution in [3.05, 3.63) is 22.0 Å². The molecule has 28 heavy (non-hydrogen) atoms. The molecule has 1 unspecified atom stereocenters. The molecule has 8 nitrogen and oxygen atoms in total. The molecule has 1 aromatic heterocycles. The lowest BCUT2D eigenvalue weighted by molar-refractivity contribution is 0.174. The number of halogens is 1. The molecule has 0 bridgehead atoms. The van der Waals surface area contributed by atoms with E-state index in [-0.39, 0.29) is 12.3 Å². The molecule has 0 saturated heterocycles. The first-order chi connectivity index (χ1) is 13.5. The fourth-order valence-corrected chi connectivity index (χ4v) is 5.04. The van der Waals surface area contributed by atoms with Crippen LogP contribution in [0.5, 0.6) is 11.5 Å². The number of ether oxygens (including phenoxy) is 2. The van der Waals surface area contributed by atoms with E-state index in [2.05, 4.69) is 61.9 Å². The van der Waals surface area contributed by atoms with Crippen LogP contribution < -0.4 is 30.7 Å². The zero-order chi connectivity index (χ0) is 19.7. The van der Waals surface area contributed by atoms with Crippen LogP contribution in [0.3, 0.4) is 0 Å². The summed E-state index contributed by atoms with van der Waals surface area (Å²) in [6.45, 7) is 6.38. The zero-order valence-electron chi connectivity index (χ0n) is 15.7. The minimum atomic E-state index is -0.0260. The Labute approximate surface area is 182 Å². The zero-order valence-corrected chi connectivity index (χ0v) is 18.7. The monoisotopic (exact) mass is 514 g/mol. The Balaban J connectivity index is 1.54. The Bertz CT molecular complexity index is 868. The average Bonchev–Trinajstić information content (AvgIpc) is 3.24. The van der Waals surface area contributed by atoms with Crippen LogP contribution in [0, 0.1) is 3.57 Å².